The highest BCUT2D eigenvalue weighted by atomic mass is 32.1. The third-order valence-corrected chi connectivity index (χ3v) is 2.88. The van der Waals surface area contributed by atoms with Crippen LogP contribution in [0.15, 0.2) is 30.3 Å². The molecule has 0 fully saturated rings. The summed E-state index contributed by atoms with van der Waals surface area (Å²) in [4.78, 5) is 4.57. The number of rotatable bonds is 1. The summed E-state index contributed by atoms with van der Waals surface area (Å²) in [5, 5.41) is 7.54. The first-order valence-corrected chi connectivity index (χ1v) is 5.70. The van der Waals surface area contributed by atoms with Crippen molar-refractivity contribution in [1.82, 2.24) is 4.98 Å². The van der Waals surface area contributed by atoms with E-state index in [0.29, 0.717) is 10.0 Å². The number of nitrogen functional groups attached to an aromatic ring is 3. The van der Waals surface area contributed by atoms with Crippen LogP contribution in [0.1, 0.15) is 10.6 Å². The van der Waals surface area contributed by atoms with Gasteiger partial charge in [-0.1, -0.05) is 29.5 Å². The van der Waals surface area contributed by atoms with Gasteiger partial charge in [-0.15, -0.1) is 0 Å². The van der Waals surface area contributed by atoms with Crippen molar-refractivity contribution in [2.45, 2.75) is 6.92 Å². The van der Waals surface area contributed by atoms with Gasteiger partial charge >= 0.3 is 0 Å². The van der Waals surface area contributed by atoms with Crippen LogP contribution in [0, 0.1) is 12.3 Å². The lowest BCUT2D eigenvalue weighted by atomic mass is 10.3. The number of nitrogens with one attached hydrogen (secondary N) is 1. The number of hydrogen-bond acceptors (Lipinski definition) is 5. The van der Waals surface area contributed by atoms with Crippen molar-refractivity contribution < 1.29 is 0 Å². The van der Waals surface area contributed by atoms with Gasteiger partial charge < -0.3 is 17.2 Å². The summed E-state index contributed by atoms with van der Waals surface area (Å²) in [6.45, 7) is 1.78. The molecule has 90 valence electrons. The fraction of sp³-hybridized carbons (Fsp3) is 0.0909. The van der Waals surface area contributed by atoms with Crippen molar-refractivity contribution in [2.75, 3.05) is 11.5 Å². The average Bonchev–Trinajstić information content (AvgIpc) is 2.60. The van der Waals surface area contributed by atoms with Crippen molar-refractivity contribution in [3.63, 3.8) is 0 Å². The van der Waals surface area contributed by atoms with Gasteiger partial charge in [0.2, 0.25) is 0 Å². The van der Waals surface area contributed by atoms with E-state index in [2.05, 4.69) is 4.98 Å². The van der Waals surface area contributed by atoms with Gasteiger partial charge in [0.15, 0.2) is 5.13 Å². The second-order valence-corrected chi connectivity index (χ2v) is 4.32. The smallest absolute Gasteiger partial charge is 0.180 e. The number of benzene rings is 1. The molecule has 1 aromatic carbocycles. The summed E-state index contributed by atoms with van der Waals surface area (Å²) in [6.07, 6.45) is 0. The zero-order valence-electron chi connectivity index (χ0n) is 9.47. The highest BCUT2D eigenvalue weighted by Gasteiger charge is 2.06. The van der Waals surface area contributed by atoms with E-state index < -0.39 is 0 Å². The Morgan fingerprint density at radius 2 is 1.82 bits per heavy atom. The number of hydrogen-bond donors (Lipinski definition) is 4. The number of aryl methyl sites for hydroxylation is 1. The zero-order chi connectivity index (χ0) is 12.8. The first kappa shape index (κ1) is 13.0. The van der Waals surface area contributed by atoms with E-state index >= 15 is 0 Å². The molecule has 0 atom stereocenters. The normalized spacial score (nSPS) is 9.24. The van der Waals surface area contributed by atoms with E-state index in [1.807, 2.05) is 30.3 Å². The van der Waals surface area contributed by atoms with Crippen LogP contribution in [0.5, 0.6) is 0 Å². The van der Waals surface area contributed by atoms with Crippen LogP contribution in [0.4, 0.5) is 10.8 Å². The molecule has 0 aliphatic carbocycles. The molecule has 2 rings (SSSR count). The van der Waals surface area contributed by atoms with Gasteiger partial charge in [-0.3, -0.25) is 5.41 Å². The number of anilines is 2. The molecule has 0 spiro atoms. The van der Waals surface area contributed by atoms with Crippen LogP contribution >= 0.6 is 11.3 Å². The Labute approximate surface area is 104 Å². The third kappa shape index (κ3) is 4.12. The quantitative estimate of drug-likeness (QED) is 0.349. The van der Waals surface area contributed by atoms with Crippen LogP contribution in [0.2, 0.25) is 0 Å². The number of amidine groups is 1. The summed E-state index contributed by atoms with van der Waals surface area (Å²) < 4.78 is 0. The third-order valence-electron chi connectivity index (χ3n) is 1.86. The molecule has 0 bridgehead atoms. The van der Waals surface area contributed by atoms with Gasteiger partial charge in [0.1, 0.15) is 5.84 Å². The molecular formula is C11H15N5S. The van der Waals surface area contributed by atoms with E-state index in [1.165, 1.54) is 11.3 Å². The molecule has 0 aliphatic rings. The lowest BCUT2D eigenvalue weighted by molar-refractivity contribution is 1.25. The summed E-state index contributed by atoms with van der Waals surface area (Å²) in [5.74, 6) is 0.0340. The molecule has 0 saturated carbocycles. The van der Waals surface area contributed by atoms with Crippen LogP contribution in [0.3, 0.4) is 0 Å². The molecule has 6 heteroatoms. The Kier molecular flexibility index (Phi) is 4.47. The van der Waals surface area contributed by atoms with E-state index in [0.717, 1.165) is 11.4 Å². The minimum absolute atomic E-state index is 0.0340. The number of nitrogens with zero attached hydrogens (tertiary/aromatic N) is 1. The standard InChI is InChI=1S/C6H7N.C5H8N4S/c7-6-4-2-1-3-5-6;1-2-3(4(6)7)10-5(8)9-2/h1-5H,7H2;1H3,(H3,6,7)(H2,8,9). The second kappa shape index (κ2) is 5.86. The molecule has 0 aliphatic heterocycles. The van der Waals surface area contributed by atoms with E-state index in [-0.39, 0.29) is 5.84 Å². The van der Waals surface area contributed by atoms with Crippen LogP contribution < -0.4 is 17.2 Å². The molecule has 7 N–H and O–H groups in total. The van der Waals surface area contributed by atoms with Gasteiger partial charge in [0.05, 0.1) is 10.6 Å². The van der Waals surface area contributed by atoms with Gasteiger partial charge in [0, 0.05) is 5.69 Å². The molecule has 0 saturated heterocycles. The van der Waals surface area contributed by atoms with Crippen LogP contribution in [-0.2, 0) is 0 Å². The zero-order valence-corrected chi connectivity index (χ0v) is 10.3. The molecule has 17 heavy (non-hydrogen) atoms. The minimum atomic E-state index is 0.0340. The number of nitrogens with two attached hydrogens (primary N) is 3. The highest BCUT2D eigenvalue weighted by molar-refractivity contribution is 7.17. The Morgan fingerprint density at radius 1 is 1.24 bits per heavy atom. The molecule has 0 radical (unpaired) electrons. The average molecular weight is 249 g/mol. The fourth-order valence-electron chi connectivity index (χ4n) is 1.12. The predicted octanol–water partition coefficient (Wildman–Crippen LogP) is 1.59. The number of aromatic nitrogens is 1. The van der Waals surface area contributed by atoms with Gasteiger partial charge in [-0.2, -0.15) is 0 Å². The maximum absolute atomic E-state index is 7.08. The maximum Gasteiger partial charge on any atom is 0.180 e. The van der Waals surface area contributed by atoms with Crippen molar-refractivity contribution in [2.24, 2.45) is 5.73 Å². The van der Waals surface area contributed by atoms with Crippen molar-refractivity contribution >= 4 is 28.0 Å². The lowest BCUT2D eigenvalue weighted by Crippen LogP contribution is -2.10. The Morgan fingerprint density at radius 3 is 2.06 bits per heavy atom. The summed E-state index contributed by atoms with van der Waals surface area (Å²) in [6, 6.07) is 9.49. The minimum Gasteiger partial charge on any atom is -0.399 e. The monoisotopic (exact) mass is 249 g/mol. The van der Waals surface area contributed by atoms with E-state index in [4.69, 9.17) is 22.6 Å². The van der Waals surface area contributed by atoms with E-state index in [1.54, 1.807) is 6.92 Å². The lowest BCUT2D eigenvalue weighted by Gasteiger charge is -1.89. The number of para-hydroxylation sites is 1. The molecule has 1 aromatic heterocycles. The predicted molar refractivity (Wildman–Crippen MR) is 73.1 cm³/mol. The Hall–Kier alpha value is -2.08. The number of thiazole rings is 1. The van der Waals surface area contributed by atoms with Gasteiger partial charge in [-0.05, 0) is 19.1 Å². The Bertz CT molecular complexity index is 492. The fourth-order valence-corrected chi connectivity index (χ4v) is 1.82. The molecule has 1 heterocycles. The molecule has 0 amide bonds. The second-order valence-electron chi connectivity index (χ2n) is 3.29. The van der Waals surface area contributed by atoms with Crippen molar-refractivity contribution in [3.8, 4) is 0 Å². The maximum atomic E-state index is 7.08. The first-order valence-electron chi connectivity index (χ1n) is 4.88. The molecule has 5 nitrogen and oxygen atoms in total. The topological polar surface area (TPSA) is 115 Å². The Balaban J connectivity index is 0.000000181. The van der Waals surface area contributed by atoms with Gasteiger partial charge in [-0.25, -0.2) is 4.98 Å². The molecule has 0 unspecified atom stereocenters. The van der Waals surface area contributed by atoms with Gasteiger partial charge in [0.25, 0.3) is 0 Å². The summed E-state index contributed by atoms with van der Waals surface area (Å²) in [5.41, 5.74) is 17.5. The molecule has 2 aromatic rings. The molecular weight excluding hydrogens is 234 g/mol. The summed E-state index contributed by atoms with van der Waals surface area (Å²) in [7, 11) is 0. The van der Waals surface area contributed by atoms with Crippen molar-refractivity contribution in [3.05, 3.63) is 40.9 Å². The van der Waals surface area contributed by atoms with Crippen LogP contribution in [-0.4, -0.2) is 10.8 Å². The SMILES string of the molecule is Cc1nc(N)sc1C(=N)N.Nc1ccccc1. The van der Waals surface area contributed by atoms with E-state index in [9.17, 15) is 0 Å². The summed E-state index contributed by atoms with van der Waals surface area (Å²) >= 11 is 1.24. The first-order chi connectivity index (χ1) is 8.00. The van der Waals surface area contributed by atoms with Crippen LogP contribution in [0.25, 0.3) is 0 Å². The largest absolute Gasteiger partial charge is 0.399 e. The van der Waals surface area contributed by atoms with Crippen molar-refractivity contribution in [1.29, 1.82) is 5.41 Å². The highest BCUT2D eigenvalue weighted by Crippen LogP contribution is 2.18.